The van der Waals surface area contributed by atoms with Crippen LogP contribution in [-0.2, 0) is 17.8 Å². The van der Waals surface area contributed by atoms with Crippen LogP contribution in [0.4, 0.5) is 6.01 Å². The Balaban J connectivity index is 2.04. The third-order valence-electron chi connectivity index (χ3n) is 2.68. The van der Waals surface area contributed by atoms with Gasteiger partial charge in [0, 0.05) is 19.4 Å². The summed E-state index contributed by atoms with van der Waals surface area (Å²) in [4.78, 5) is 17.8. The Morgan fingerprint density at radius 3 is 3.06 bits per heavy atom. The van der Waals surface area contributed by atoms with E-state index in [2.05, 4.69) is 4.98 Å². The first-order valence-corrected chi connectivity index (χ1v) is 5.58. The Bertz CT molecular complexity index is 398. The number of rotatable bonds is 2. The van der Waals surface area contributed by atoms with E-state index in [1.807, 2.05) is 18.7 Å². The maximum absolute atomic E-state index is 11.9. The molecular weight excluding hydrogens is 206 g/mol. The molecule has 16 heavy (non-hydrogen) atoms. The van der Waals surface area contributed by atoms with E-state index in [9.17, 15) is 4.79 Å². The van der Waals surface area contributed by atoms with Crippen LogP contribution >= 0.6 is 0 Å². The van der Waals surface area contributed by atoms with Crippen LogP contribution < -0.4 is 5.73 Å². The van der Waals surface area contributed by atoms with Crippen molar-refractivity contribution in [2.24, 2.45) is 5.92 Å². The van der Waals surface area contributed by atoms with E-state index < -0.39 is 0 Å². The second kappa shape index (κ2) is 4.15. The van der Waals surface area contributed by atoms with E-state index in [1.165, 1.54) is 0 Å². The number of fused-ring (bicyclic) bond motifs is 1. The smallest absolute Gasteiger partial charge is 0.292 e. The first-order valence-electron chi connectivity index (χ1n) is 5.58. The number of nitrogen functional groups attached to an aromatic ring is 1. The van der Waals surface area contributed by atoms with Gasteiger partial charge in [0.25, 0.3) is 6.01 Å². The molecule has 2 N–H and O–H groups in total. The van der Waals surface area contributed by atoms with Crippen molar-refractivity contribution < 1.29 is 9.21 Å². The van der Waals surface area contributed by atoms with Gasteiger partial charge in [0.15, 0.2) is 0 Å². The molecule has 88 valence electrons. The number of amides is 1. The van der Waals surface area contributed by atoms with Gasteiger partial charge in [-0.2, -0.15) is 4.98 Å². The molecular formula is C11H17N3O2. The number of anilines is 1. The Hall–Kier alpha value is -1.52. The van der Waals surface area contributed by atoms with Crippen molar-refractivity contribution in [3.8, 4) is 0 Å². The van der Waals surface area contributed by atoms with Gasteiger partial charge < -0.3 is 15.1 Å². The van der Waals surface area contributed by atoms with E-state index in [0.29, 0.717) is 31.8 Å². The van der Waals surface area contributed by atoms with Crippen molar-refractivity contribution in [1.82, 2.24) is 9.88 Å². The fourth-order valence-corrected chi connectivity index (χ4v) is 1.91. The maximum atomic E-state index is 11.9. The van der Waals surface area contributed by atoms with E-state index in [-0.39, 0.29) is 11.9 Å². The highest BCUT2D eigenvalue weighted by molar-refractivity contribution is 5.76. The molecule has 0 atom stereocenters. The molecule has 1 aliphatic rings. The van der Waals surface area contributed by atoms with Crippen molar-refractivity contribution in [2.45, 2.75) is 33.2 Å². The third kappa shape index (κ3) is 2.18. The number of carbonyl (C=O) groups excluding carboxylic acids is 1. The minimum Gasteiger partial charge on any atom is -0.428 e. The number of nitrogens with two attached hydrogens (primary N) is 1. The van der Waals surface area contributed by atoms with Crippen molar-refractivity contribution in [1.29, 1.82) is 0 Å². The molecule has 0 unspecified atom stereocenters. The molecule has 1 aromatic heterocycles. The molecule has 0 saturated heterocycles. The number of hydrogen-bond acceptors (Lipinski definition) is 4. The highest BCUT2D eigenvalue weighted by atomic mass is 16.4. The molecule has 0 aliphatic carbocycles. The monoisotopic (exact) mass is 223 g/mol. The van der Waals surface area contributed by atoms with Gasteiger partial charge in [-0.3, -0.25) is 4.79 Å². The van der Waals surface area contributed by atoms with E-state index >= 15 is 0 Å². The van der Waals surface area contributed by atoms with Crippen LogP contribution in [0.2, 0.25) is 0 Å². The van der Waals surface area contributed by atoms with Crippen LogP contribution in [0.3, 0.4) is 0 Å². The molecule has 0 radical (unpaired) electrons. The van der Waals surface area contributed by atoms with Crippen LogP contribution in [0, 0.1) is 5.92 Å². The summed E-state index contributed by atoms with van der Waals surface area (Å²) in [5.41, 5.74) is 6.29. The van der Waals surface area contributed by atoms with Crippen LogP contribution in [0.5, 0.6) is 0 Å². The number of carbonyl (C=O) groups is 1. The summed E-state index contributed by atoms with van der Waals surface area (Å²) >= 11 is 0. The fraction of sp³-hybridized carbons (Fsp3) is 0.636. The first kappa shape index (κ1) is 11.0. The summed E-state index contributed by atoms with van der Waals surface area (Å²) in [6.45, 7) is 5.32. The topological polar surface area (TPSA) is 72.4 Å². The van der Waals surface area contributed by atoms with Gasteiger partial charge in [-0.05, 0) is 5.92 Å². The average Bonchev–Trinajstić information content (AvgIpc) is 2.55. The van der Waals surface area contributed by atoms with Gasteiger partial charge in [-0.1, -0.05) is 13.8 Å². The molecule has 0 bridgehead atoms. The first-order chi connectivity index (χ1) is 7.56. The number of aromatic nitrogens is 1. The summed E-state index contributed by atoms with van der Waals surface area (Å²) in [5, 5.41) is 0. The Morgan fingerprint density at radius 2 is 2.38 bits per heavy atom. The minimum absolute atomic E-state index is 0.183. The third-order valence-corrected chi connectivity index (χ3v) is 2.68. The lowest BCUT2D eigenvalue weighted by Gasteiger charge is -2.26. The summed E-state index contributed by atoms with van der Waals surface area (Å²) in [6.07, 6.45) is 1.30. The lowest BCUT2D eigenvalue weighted by Crippen LogP contribution is -2.36. The Labute approximate surface area is 94.6 Å². The van der Waals surface area contributed by atoms with Gasteiger partial charge in [-0.15, -0.1) is 0 Å². The van der Waals surface area contributed by atoms with Gasteiger partial charge in [-0.25, -0.2) is 0 Å². The molecule has 5 heteroatoms. The van der Waals surface area contributed by atoms with Gasteiger partial charge in [0.2, 0.25) is 5.91 Å². The second-order valence-electron chi connectivity index (χ2n) is 4.59. The SMILES string of the molecule is CC(C)CC(=O)N1CCc2oc(N)nc2C1. The average molecular weight is 223 g/mol. The van der Waals surface area contributed by atoms with Crippen molar-refractivity contribution >= 4 is 11.9 Å². The zero-order valence-electron chi connectivity index (χ0n) is 9.69. The van der Waals surface area contributed by atoms with Gasteiger partial charge >= 0.3 is 0 Å². The molecule has 1 amide bonds. The standard InChI is InChI=1S/C11H17N3O2/c1-7(2)5-10(15)14-4-3-9-8(6-14)13-11(12)16-9/h7H,3-6H2,1-2H3,(H2,12,13). The summed E-state index contributed by atoms with van der Waals surface area (Å²) in [6, 6.07) is 0.197. The zero-order chi connectivity index (χ0) is 11.7. The van der Waals surface area contributed by atoms with Crippen LogP contribution in [-0.4, -0.2) is 22.3 Å². The number of nitrogens with zero attached hydrogens (tertiary/aromatic N) is 2. The highest BCUT2D eigenvalue weighted by Crippen LogP contribution is 2.21. The second-order valence-corrected chi connectivity index (χ2v) is 4.59. The van der Waals surface area contributed by atoms with Crippen LogP contribution in [0.25, 0.3) is 0 Å². The molecule has 5 nitrogen and oxygen atoms in total. The van der Waals surface area contributed by atoms with Gasteiger partial charge in [0.05, 0.1) is 6.54 Å². The highest BCUT2D eigenvalue weighted by Gasteiger charge is 2.24. The fourth-order valence-electron chi connectivity index (χ4n) is 1.91. The van der Waals surface area contributed by atoms with E-state index in [0.717, 1.165) is 11.5 Å². The molecule has 2 rings (SSSR count). The van der Waals surface area contributed by atoms with Crippen molar-refractivity contribution in [3.63, 3.8) is 0 Å². The molecule has 1 aliphatic heterocycles. The largest absolute Gasteiger partial charge is 0.428 e. The molecule has 0 saturated carbocycles. The summed E-state index contributed by atoms with van der Waals surface area (Å²) < 4.78 is 5.24. The van der Waals surface area contributed by atoms with Crippen molar-refractivity contribution in [3.05, 3.63) is 11.5 Å². The molecule has 1 aromatic rings. The molecule has 0 spiro atoms. The normalized spacial score (nSPS) is 15.3. The minimum atomic E-state index is 0.183. The molecule has 2 heterocycles. The van der Waals surface area contributed by atoms with Crippen LogP contribution in [0.15, 0.2) is 4.42 Å². The van der Waals surface area contributed by atoms with E-state index in [1.54, 1.807) is 0 Å². The number of oxazole rings is 1. The molecule has 0 aromatic carbocycles. The Kier molecular flexibility index (Phi) is 2.85. The zero-order valence-corrected chi connectivity index (χ0v) is 9.69. The van der Waals surface area contributed by atoms with Crippen LogP contribution in [0.1, 0.15) is 31.7 Å². The summed E-state index contributed by atoms with van der Waals surface area (Å²) in [5.74, 6) is 1.39. The number of hydrogen-bond donors (Lipinski definition) is 1. The maximum Gasteiger partial charge on any atom is 0.292 e. The quantitative estimate of drug-likeness (QED) is 0.817. The summed E-state index contributed by atoms with van der Waals surface area (Å²) in [7, 11) is 0. The predicted octanol–water partition coefficient (Wildman–Crippen LogP) is 1.19. The predicted molar refractivity (Wildman–Crippen MR) is 59.5 cm³/mol. The molecule has 0 fully saturated rings. The van der Waals surface area contributed by atoms with Crippen molar-refractivity contribution in [2.75, 3.05) is 12.3 Å². The van der Waals surface area contributed by atoms with E-state index in [4.69, 9.17) is 10.2 Å². The van der Waals surface area contributed by atoms with Gasteiger partial charge in [0.1, 0.15) is 11.5 Å². The Morgan fingerprint density at radius 1 is 1.62 bits per heavy atom. The lowest BCUT2D eigenvalue weighted by atomic mass is 10.1. The lowest BCUT2D eigenvalue weighted by molar-refractivity contribution is -0.133.